The van der Waals surface area contributed by atoms with Gasteiger partial charge in [-0.25, -0.2) is 4.98 Å². The molecule has 0 spiro atoms. The number of nitrogens with zero attached hydrogens (tertiary/aromatic N) is 3. The molecule has 2 rings (SSSR count). The van der Waals surface area contributed by atoms with Crippen molar-refractivity contribution in [2.45, 2.75) is 6.54 Å². The number of aromatic nitrogens is 1. The van der Waals surface area contributed by atoms with Gasteiger partial charge in [-0.05, 0) is 17.0 Å². The van der Waals surface area contributed by atoms with Gasteiger partial charge in [0, 0.05) is 18.9 Å². The summed E-state index contributed by atoms with van der Waals surface area (Å²) in [4.78, 5) is 15.7. The van der Waals surface area contributed by atoms with Crippen LogP contribution in [0.3, 0.4) is 0 Å². The average Bonchev–Trinajstić information content (AvgIpc) is 2.68. The zero-order valence-electron chi connectivity index (χ0n) is 8.62. The monoisotopic (exact) mass is 269 g/mol. The van der Waals surface area contributed by atoms with Crippen LogP contribution < -0.4 is 0 Å². The summed E-state index contributed by atoms with van der Waals surface area (Å²) < 4.78 is 0. The highest BCUT2D eigenvalue weighted by Gasteiger charge is 2.16. The molecule has 0 aromatic carbocycles. The molecule has 2 heterocycles. The molecule has 1 aliphatic heterocycles. The van der Waals surface area contributed by atoms with E-state index in [1.165, 1.54) is 11.8 Å². The Morgan fingerprint density at radius 1 is 1.59 bits per heavy atom. The molecule has 0 atom stereocenters. The molecule has 0 bridgehead atoms. The van der Waals surface area contributed by atoms with Crippen LogP contribution in [0.15, 0.2) is 41.2 Å². The van der Waals surface area contributed by atoms with E-state index in [4.69, 9.17) is 11.6 Å². The predicted molar refractivity (Wildman–Crippen MR) is 66.6 cm³/mol. The molecule has 17 heavy (non-hydrogen) atoms. The Morgan fingerprint density at radius 3 is 3.06 bits per heavy atom. The van der Waals surface area contributed by atoms with Gasteiger partial charge in [-0.2, -0.15) is 0 Å². The van der Waals surface area contributed by atoms with E-state index in [0.717, 1.165) is 11.8 Å². The number of nitro groups is 1. The zero-order valence-corrected chi connectivity index (χ0v) is 10.2. The van der Waals surface area contributed by atoms with Gasteiger partial charge in [-0.1, -0.05) is 29.4 Å². The second kappa shape index (κ2) is 5.20. The molecule has 0 aliphatic carbocycles. The molecule has 7 heteroatoms. The van der Waals surface area contributed by atoms with Gasteiger partial charge in [-0.3, -0.25) is 10.1 Å². The summed E-state index contributed by atoms with van der Waals surface area (Å²) in [5.74, 6) is 0. The minimum absolute atomic E-state index is 0.432. The van der Waals surface area contributed by atoms with Crippen LogP contribution in [0.25, 0.3) is 0 Å². The van der Waals surface area contributed by atoms with Crippen LogP contribution in [0.5, 0.6) is 0 Å². The topological polar surface area (TPSA) is 59.3 Å². The third kappa shape index (κ3) is 3.21. The molecule has 0 radical (unpaired) electrons. The number of pyridine rings is 1. The first-order valence-electron chi connectivity index (χ1n) is 4.71. The molecule has 1 aliphatic rings. The Hall–Kier alpha value is -1.53. The van der Waals surface area contributed by atoms with Gasteiger partial charge in [0.1, 0.15) is 5.15 Å². The lowest BCUT2D eigenvalue weighted by molar-refractivity contribution is -0.403. The largest absolute Gasteiger partial charge is 0.332 e. The highest BCUT2D eigenvalue weighted by molar-refractivity contribution is 8.06. The van der Waals surface area contributed by atoms with Crippen molar-refractivity contribution in [3.05, 3.63) is 62.0 Å². The first-order valence-corrected chi connectivity index (χ1v) is 5.96. The molecule has 1 aromatic rings. The number of rotatable bonds is 3. The van der Waals surface area contributed by atoms with Crippen LogP contribution in [0.1, 0.15) is 5.56 Å². The molecule has 0 saturated heterocycles. The smallest absolute Gasteiger partial charge is 0.264 e. The lowest BCUT2D eigenvalue weighted by Gasteiger charge is -2.15. The lowest BCUT2D eigenvalue weighted by atomic mass is 10.3. The summed E-state index contributed by atoms with van der Waals surface area (Å²) in [6.45, 7) is 0.535. The van der Waals surface area contributed by atoms with Crippen LogP contribution in [0, 0.1) is 10.1 Å². The second-order valence-corrected chi connectivity index (χ2v) is 4.59. The maximum absolute atomic E-state index is 10.4. The number of thioether (sulfide) groups is 1. The fraction of sp³-hybridized carbons (Fsp3) is 0.100. The van der Waals surface area contributed by atoms with Crippen LogP contribution in [-0.2, 0) is 6.54 Å². The summed E-state index contributed by atoms with van der Waals surface area (Å²) >= 11 is 7.00. The Bertz CT molecular complexity index is 487. The first kappa shape index (κ1) is 11.9. The quantitative estimate of drug-likeness (QED) is 0.480. The fourth-order valence-electron chi connectivity index (χ4n) is 1.34. The standard InChI is InChI=1S/C10H8ClN3O2S/c11-9-2-1-8(5-12-9)6-13-3-4-17-10(13)7-14(15)16/h1-5,7H,6H2. The van der Waals surface area contributed by atoms with Gasteiger partial charge in [0.15, 0.2) is 5.03 Å². The van der Waals surface area contributed by atoms with Gasteiger partial charge in [0.2, 0.25) is 0 Å². The van der Waals surface area contributed by atoms with Gasteiger partial charge in [0.25, 0.3) is 6.20 Å². The van der Waals surface area contributed by atoms with Crippen LogP contribution in [-0.4, -0.2) is 14.8 Å². The Morgan fingerprint density at radius 2 is 2.41 bits per heavy atom. The molecule has 5 nitrogen and oxygen atoms in total. The predicted octanol–water partition coefficient (Wildman–Crippen LogP) is 2.83. The van der Waals surface area contributed by atoms with Crippen LogP contribution in [0.2, 0.25) is 5.15 Å². The third-order valence-electron chi connectivity index (χ3n) is 2.07. The van der Waals surface area contributed by atoms with E-state index < -0.39 is 4.92 Å². The van der Waals surface area contributed by atoms with Crippen molar-refractivity contribution in [3.63, 3.8) is 0 Å². The summed E-state index contributed by atoms with van der Waals surface area (Å²) in [7, 11) is 0. The highest BCUT2D eigenvalue weighted by atomic mass is 35.5. The maximum Gasteiger partial charge on any atom is 0.264 e. The van der Waals surface area contributed by atoms with Crippen molar-refractivity contribution in [3.8, 4) is 0 Å². The van der Waals surface area contributed by atoms with Crippen LogP contribution in [0.4, 0.5) is 0 Å². The minimum atomic E-state index is -0.456. The van der Waals surface area contributed by atoms with Crippen molar-refractivity contribution in [2.24, 2.45) is 0 Å². The normalized spacial score (nSPS) is 16.8. The molecular weight excluding hydrogens is 262 g/mol. The van der Waals surface area contributed by atoms with E-state index in [0.29, 0.717) is 16.7 Å². The first-order chi connectivity index (χ1) is 8.15. The Kier molecular flexibility index (Phi) is 3.65. The van der Waals surface area contributed by atoms with Crippen molar-refractivity contribution < 1.29 is 4.92 Å². The Labute approximate surface area is 107 Å². The summed E-state index contributed by atoms with van der Waals surface area (Å²) in [5, 5.41) is 13.3. The van der Waals surface area contributed by atoms with Crippen molar-refractivity contribution in [1.29, 1.82) is 0 Å². The minimum Gasteiger partial charge on any atom is -0.332 e. The van der Waals surface area contributed by atoms with Gasteiger partial charge >= 0.3 is 0 Å². The number of hydrogen-bond acceptors (Lipinski definition) is 5. The fourth-order valence-corrected chi connectivity index (χ4v) is 2.20. The summed E-state index contributed by atoms with van der Waals surface area (Å²) in [6.07, 6.45) is 4.45. The molecule has 0 fully saturated rings. The summed E-state index contributed by atoms with van der Waals surface area (Å²) in [6, 6.07) is 3.54. The molecule has 0 unspecified atom stereocenters. The molecular formula is C10H8ClN3O2S. The van der Waals surface area contributed by atoms with Crippen LogP contribution >= 0.6 is 23.4 Å². The van der Waals surface area contributed by atoms with E-state index in [2.05, 4.69) is 4.98 Å². The lowest BCUT2D eigenvalue weighted by Crippen LogP contribution is -2.12. The van der Waals surface area contributed by atoms with E-state index in [1.54, 1.807) is 28.8 Å². The molecule has 0 saturated carbocycles. The number of hydrogen-bond donors (Lipinski definition) is 0. The molecule has 1 aromatic heterocycles. The van der Waals surface area contributed by atoms with Crippen molar-refractivity contribution >= 4 is 23.4 Å². The number of halogens is 1. The molecule has 0 N–H and O–H groups in total. The third-order valence-corrected chi connectivity index (χ3v) is 3.13. The van der Waals surface area contributed by atoms with E-state index >= 15 is 0 Å². The second-order valence-electron chi connectivity index (χ2n) is 3.27. The van der Waals surface area contributed by atoms with E-state index in [-0.39, 0.29) is 0 Å². The molecule has 88 valence electrons. The average molecular weight is 270 g/mol. The summed E-state index contributed by atoms with van der Waals surface area (Å²) in [5.41, 5.74) is 0.941. The SMILES string of the molecule is O=[N+]([O-])C=C1SC=CN1Cc1ccc(Cl)nc1. The Balaban J connectivity index is 2.10. The van der Waals surface area contributed by atoms with Crippen molar-refractivity contribution in [2.75, 3.05) is 0 Å². The van der Waals surface area contributed by atoms with Gasteiger partial charge in [0.05, 0.1) is 4.92 Å². The van der Waals surface area contributed by atoms with Gasteiger partial charge in [-0.15, -0.1) is 0 Å². The molecule has 0 amide bonds. The maximum atomic E-state index is 10.4. The van der Waals surface area contributed by atoms with Crippen molar-refractivity contribution in [1.82, 2.24) is 9.88 Å². The zero-order chi connectivity index (χ0) is 12.3. The highest BCUT2D eigenvalue weighted by Crippen LogP contribution is 2.30. The van der Waals surface area contributed by atoms with E-state index in [1.807, 2.05) is 6.07 Å². The van der Waals surface area contributed by atoms with Gasteiger partial charge < -0.3 is 4.90 Å². The van der Waals surface area contributed by atoms with E-state index in [9.17, 15) is 10.1 Å².